The minimum atomic E-state index is 0.380. The van der Waals surface area contributed by atoms with E-state index in [0.717, 1.165) is 28.6 Å². The molecule has 94 valence electrons. The van der Waals surface area contributed by atoms with Gasteiger partial charge in [-0.15, -0.1) is 16.7 Å². The van der Waals surface area contributed by atoms with Crippen LogP contribution in [-0.4, -0.2) is 17.2 Å². The van der Waals surface area contributed by atoms with Gasteiger partial charge in [-0.2, -0.15) is 5.10 Å². The van der Waals surface area contributed by atoms with Crippen LogP contribution in [-0.2, 0) is 12.4 Å². The Balaban J connectivity index is 2.09. The maximum absolute atomic E-state index is 5.95. The fourth-order valence-corrected chi connectivity index (χ4v) is 1.97. The highest BCUT2D eigenvalue weighted by molar-refractivity contribution is 6.30. The highest BCUT2D eigenvalue weighted by atomic mass is 35.5. The van der Waals surface area contributed by atoms with Crippen molar-refractivity contribution in [2.45, 2.75) is 12.4 Å². The zero-order chi connectivity index (χ0) is 13.0. The van der Waals surface area contributed by atoms with Gasteiger partial charge in [-0.25, -0.2) is 0 Å². The number of anilines is 1. The van der Waals surface area contributed by atoms with Crippen LogP contribution >= 0.6 is 23.2 Å². The third-order valence-corrected chi connectivity index (χ3v) is 3.05. The second-order valence-electron chi connectivity index (χ2n) is 4.00. The molecule has 3 nitrogen and oxygen atoms in total. The Morgan fingerprint density at radius 1 is 1.17 bits per heavy atom. The summed E-state index contributed by atoms with van der Waals surface area (Å²) in [6.45, 7) is 0.732. The second kappa shape index (κ2) is 6.03. The van der Waals surface area contributed by atoms with Crippen molar-refractivity contribution in [3.63, 3.8) is 0 Å². The van der Waals surface area contributed by atoms with Crippen molar-refractivity contribution in [2.24, 2.45) is 0 Å². The first kappa shape index (κ1) is 13.1. The number of alkyl halides is 1. The lowest BCUT2D eigenvalue weighted by Gasteiger charge is -2.17. The summed E-state index contributed by atoms with van der Waals surface area (Å²) in [5.74, 6) is 1.19. The Bertz CT molecular complexity index is 514. The Hall–Kier alpha value is -1.32. The summed E-state index contributed by atoms with van der Waals surface area (Å²) >= 11 is 11.6. The summed E-state index contributed by atoms with van der Waals surface area (Å²) in [5.41, 5.74) is 1.91. The number of hydrogen-bond acceptors (Lipinski definition) is 3. The van der Waals surface area contributed by atoms with Crippen molar-refractivity contribution < 1.29 is 0 Å². The van der Waals surface area contributed by atoms with E-state index < -0.39 is 0 Å². The molecule has 0 saturated heterocycles. The van der Waals surface area contributed by atoms with Gasteiger partial charge in [0.2, 0.25) is 0 Å². The average molecular weight is 282 g/mol. The topological polar surface area (TPSA) is 29.0 Å². The molecular formula is C13H13Cl2N3. The van der Waals surface area contributed by atoms with Gasteiger partial charge in [-0.3, -0.25) is 0 Å². The number of benzene rings is 1. The van der Waals surface area contributed by atoms with E-state index in [1.807, 2.05) is 48.3 Å². The van der Waals surface area contributed by atoms with Crippen LogP contribution in [0.3, 0.4) is 0 Å². The van der Waals surface area contributed by atoms with Crippen molar-refractivity contribution in [3.8, 4) is 0 Å². The molecule has 0 aliphatic carbocycles. The number of nitrogens with zero attached hydrogens (tertiary/aromatic N) is 3. The fourth-order valence-electron chi connectivity index (χ4n) is 1.62. The van der Waals surface area contributed by atoms with Gasteiger partial charge < -0.3 is 4.90 Å². The van der Waals surface area contributed by atoms with Crippen molar-refractivity contribution >= 4 is 29.0 Å². The molecule has 0 unspecified atom stereocenters. The molecule has 1 heterocycles. The van der Waals surface area contributed by atoms with E-state index in [0.29, 0.717) is 5.88 Å². The fraction of sp³-hybridized carbons (Fsp3) is 0.231. The molecule has 2 rings (SSSR count). The minimum Gasteiger partial charge on any atom is -0.354 e. The van der Waals surface area contributed by atoms with E-state index in [-0.39, 0.29) is 0 Å². The number of aromatic nitrogens is 2. The van der Waals surface area contributed by atoms with Crippen molar-refractivity contribution in [1.29, 1.82) is 0 Å². The molecule has 0 amide bonds. The molecule has 2 aromatic rings. The molecule has 0 N–H and O–H groups in total. The molecule has 0 aliphatic rings. The summed E-state index contributed by atoms with van der Waals surface area (Å²) in [7, 11) is 1.96. The van der Waals surface area contributed by atoms with E-state index >= 15 is 0 Å². The normalized spacial score (nSPS) is 10.4. The predicted molar refractivity (Wildman–Crippen MR) is 75.1 cm³/mol. The van der Waals surface area contributed by atoms with E-state index in [4.69, 9.17) is 23.2 Å². The Kier molecular flexibility index (Phi) is 4.39. The van der Waals surface area contributed by atoms with Gasteiger partial charge in [0, 0.05) is 18.6 Å². The molecule has 18 heavy (non-hydrogen) atoms. The Morgan fingerprint density at radius 2 is 2.00 bits per heavy atom. The van der Waals surface area contributed by atoms with Crippen LogP contribution in [0.1, 0.15) is 11.3 Å². The summed E-state index contributed by atoms with van der Waals surface area (Å²) in [5, 5.41) is 8.89. The Morgan fingerprint density at radius 3 is 2.61 bits per heavy atom. The monoisotopic (exact) mass is 281 g/mol. The van der Waals surface area contributed by atoms with Crippen LogP contribution < -0.4 is 4.90 Å². The third kappa shape index (κ3) is 3.34. The zero-order valence-corrected chi connectivity index (χ0v) is 11.5. The van der Waals surface area contributed by atoms with Crippen molar-refractivity contribution in [1.82, 2.24) is 10.2 Å². The minimum absolute atomic E-state index is 0.380. The summed E-state index contributed by atoms with van der Waals surface area (Å²) in [6, 6.07) is 11.6. The average Bonchev–Trinajstić information content (AvgIpc) is 2.39. The first-order valence-electron chi connectivity index (χ1n) is 5.53. The maximum Gasteiger partial charge on any atom is 0.151 e. The van der Waals surface area contributed by atoms with Crippen LogP contribution in [0.4, 0.5) is 5.82 Å². The molecule has 0 saturated carbocycles. The van der Waals surface area contributed by atoms with Gasteiger partial charge >= 0.3 is 0 Å². The lowest BCUT2D eigenvalue weighted by Crippen LogP contribution is -2.18. The molecule has 0 aliphatic heterocycles. The third-order valence-electron chi connectivity index (χ3n) is 2.54. The first-order valence-corrected chi connectivity index (χ1v) is 6.44. The molecular weight excluding hydrogens is 269 g/mol. The molecule has 0 fully saturated rings. The van der Waals surface area contributed by atoms with Crippen LogP contribution in [0.25, 0.3) is 0 Å². The second-order valence-corrected chi connectivity index (χ2v) is 4.71. The predicted octanol–water partition coefficient (Wildman–Crippen LogP) is 3.51. The highest BCUT2D eigenvalue weighted by Crippen LogP contribution is 2.15. The van der Waals surface area contributed by atoms with E-state index in [1.54, 1.807) is 0 Å². The van der Waals surface area contributed by atoms with Crippen molar-refractivity contribution in [2.75, 3.05) is 11.9 Å². The number of halogens is 2. The van der Waals surface area contributed by atoms with Crippen LogP contribution in [0.5, 0.6) is 0 Å². The van der Waals surface area contributed by atoms with Crippen LogP contribution in [0.2, 0.25) is 5.02 Å². The molecule has 0 spiro atoms. The SMILES string of the molecule is CN(Cc1cccc(Cl)c1)c1ccc(CCl)nn1. The van der Waals surface area contributed by atoms with Gasteiger partial charge in [0.15, 0.2) is 5.82 Å². The lowest BCUT2D eigenvalue weighted by atomic mass is 10.2. The van der Waals surface area contributed by atoms with E-state index in [2.05, 4.69) is 10.2 Å². The molecule has 1 aromatic carbocycles. The van der Waals surface area contributed by atoms with Gasteiger partial charge in [0.25, 0.3) is 0 Å². The van der Waals surface area contributed by atoms with Gasteiger partial charge in [-0.1, -0.05) is 23.7 Å². The first-order chi connectivity index (χ1) is 8.69. The molecule has 1 aromatic heterocycles. The maximum atomic E-state index is 5.95. The Labute approximate surface area is 116 Å². The summed E-state index contributed by atoms with van der Waals surface area (Å²) < 4.78 is 0. The van der Waals surface area contributed by atoms with Crippen LogP contribution in [0.15, 0.2) is 36.4 Å². The number of rotatable bonds is 4. The van der Waals surface area contributed by atoms with Gasteiger partial charge in [0.05, 0.1) is 11.6 Å². The van der Waals surface area contributed by atoms with E-state index in [9.17, 15) is 0 Å². The van der Waals surface area contributed by atoms with Crippen molar-refractivity contribution in [3.05, 3.63) is 52.7 Å². The smallest absolute Gasteiger partial charge is 0.151 e. The molecule has 0 atom stereocenters. The molecule has 0 bridgehead atoms. The largest absolute Gasteiger partial charge is 0.354 e. The van der Waals surface area contributed by atoms with Gasteiger partial charge in [0.1, 0.15) is 0 Å². The quantitative estimate of drug-likeness (QED) is 0.804. The number of hydrogen-bond donors (Lipinski definition) is 0. The zero-order valence-electron chi connectivity index (χ0n) is 9.98. The standard InChI is InChI=1S/C13H13Cl2N3/c1-18(9-10-3-2-4-11(15)7-10)13-6-5-12(8-14)16-17-13/h2-7H,8-9H2,1H3. The van der Waals surface area contributed by atoms with Crippen LogP contribution in [0, 0.1) is 0 Å². The summed E-state index contributed by atoms with van der Waals surface area (Å²) in [6.07, 6.45) is 0. The van der Waals surface area contributed by atoms with E-state index in [1.165, 1.54) is 0 Å². The molecule has 5 heteroatoms. The highest BCUT2D eigenvalue weighted by Gasteiger charge is 2.05. The lowest BCUT2D eigenvalue weighted by molar-refractivity contribution is 0.854. The molecule has 0 radical (unpaired) electrons. The summed E-state index contributed by atoms with van der Waals surface area (Å²) in [4.78, 5) is 2.01. The van der Waals surface area contributed by atoms with Gasteiger partial charge in [-0.05, 0) is 29.8 Å².